The van der Waals surface area contributed by atoms with Gasteiger partial charge in [0.05, 0.1) is 12.0 Å². The highest BCUT2D eigenvalue weighted by Crippen LogP contribution is 2.40. The van der Waals surface area contributed by atoms with Crippen LogP contribution in [0.3, 0.4) is 0 Å². The molecule has 26 heavy (non-hydrogen) atoms. The fourth-order valence-corrected chi connectivity index (χ4v) is 3.28. The second-order valence-corrected chi connectivity index (χ2v) is 6.82. The number of nitrogens with one attached hydrogen (secondary N) is 1. The van der Waals surface area contributed by atoms with Gasteiger partial charge in [0.1, 0.15) is 4.88 Å². The summed E-state index contributed by atoms with van der Waals surface area (Å²) in [6, 6.07) is 6.77. The molecule has 0 aliphatic heterocycles. The lowest BCUT2D eigenvalue weighted by atomic mass is 10.3. The van der Waals surface area contributed by atoms with Gasteiger partial charge in [-0.25, -0.2) is 0 Å². The molecule has 1 fully saturated rings. The maximum absolute atomic E-state index is 12.5. The largest absolute Gasteiger partial charge is 0.461 e. The highest BCUT2D eigenvalue weighted by atomic mass is 32.1. The molecule has 0 bridgehead atoms. The van der Waals surface area contributed by atoms with E-state index in [-0.39, 0.29) is 5.69 Å². The van der Waals surface area contributed by atoms with Crippen LogP contribution in [-0.4, -0.2) is 21.2 Å². The minimum absolute atomic E-state index is 0.151. The van der Waals surface area contributed by atoms with Crippen LogP contribution in [0.1, 0.15) is 35.1 Å². The van der Waals surface area contributed by atoms with Crippen molar-refractivity contribution >= 4 is 22.9 Å². The van der Waals surface area contributed by atoms with Crippen molar-refractivity contribution in [3.8, 4) is 22.3 Å². The van der Waals surface area contributed by atoms with E-state index < -0.39 is 5.91 Å². The van der Waals surface area contributed by atoms with Crippen molar-refractivity contribution in [2.45, 2.75) is 18.8 Å². The van der Waals surface area contributed by atoms with E-state index in [1.165, 1.54) is 23.7 Å². The third-order valence-corrected chi connectivity index (χ3v) is 4.90. The van der Waals surface area contributed by atoms with Crippen molar-refractivity contribution in [2.24, 2.45) is 0 Å². The van der Waals surface area contributed by atoms with Gasteiger partial charge in [0.25, 0.3) is 11.8 Å². The van der Waals surface area contributed by atoms with Crippen molar-refractivity contribution in [1.82, 2.24) is 15.3 Å². The molecule has 0 unspecified atom stereocenters. The van der Waals surface area contributed by atoms with Crippen LogP contribution < -0.4 is 5.32 Å². The number of carbonyl (C=O) groups excluding carboxylic acids is 1. The summed E-state index contributed by atoms with van der Waals surface area (Å²) in [5.74, 6) is 2.04. The topological polar surface area (TPSA) is 107 Å². The molecule has 0 aromatic carbocycles. The van der Waals surface area contributed by atoms with Gasteiger partial charge in [-0.05, 0) is 36.4 Å². The summed E-state index contributed by atoms with van der Waals surface area (Å²) >= 11 is 1.42. The van der Waals surface area contributed by atoms with Crippen LogP contribution in [0.4, 0.5) is 5.69 Å². The average Bonchev–Trinajstić information content (AvgIpc) is 3.18. The number of anilines is 1. The number of carbonyl (C=O) groups is 1. The second-order valence-electron chi connectivity index (χ2n) is 5.90. The Balaban J connectivity index is 1.36. The molecule has 1 aliphatic carbocycles. The zero-order valence-electron chi connectivity index (χ0n) is 13.3. The average molecular weight is 368 g/mol. The monoisotopic (exact) mass is 368 g/mol. The Morgan fingerprint density at radius 2 is 2.12 bits per heavy atom. The van der Waals surface area contributed by atoms with Crippen LogP contribution in [0.15, 0.2) is 49.4 Å². The van der Waals surface area contributed by atoms with E-state index in [0.717, 1.165) is 18.7 Å². The van der Waals surface area contributed by atoms with E-state index in [2.05, 4.69) is 20.6 Å². The predicted octanol–water partition coefficient (Wildman–Crippen LogP) is 4.18. The molecule has 0 saturated heterocycles. The summed E-state index contributed by atoms with van der Waals surface area (Å²) < 4.78 is 15.7. The zero-order valence-corrected chi connectivity index (χ0v) is 14.2. The standard InChI is InChI=1S/C17H12N4O4S/c22-16(11-8-13(24-20-11)12-2-1-6-23-12)18-10-5-7-26-14(10)17-19-15(21-25-17)9-3-4-9/h1-2,5-9H,3-4H2,(H,18,22). The van der Waals surface area contributed by atoms with Gasteiger partial charge in [-0.1, -0.05) is 10.3 Å². The maximum atomic E-state index is 12.5. The molecular weight excluding hydrogens is 356 g/mol. The van der Waals surface area contributed by atoms with Crippen LogP contribution in [-0.2, 0) is 0 Å². The number of hydrogen-bond donors (Lipinski definition) is 1. The molecule has 1 aliphatic rings. The van der Waals surface area contributed by atoms with Gasteiger partial charge in [-0.2, -0.15) is 4.98 Å². The van der Waals surface area contributed by atoms with E-state index >= 15 is 0 Å². The highest BCUT2D eigenvalue weighted by Gasteiger charge is 2.29. The lowest BCUT2D eigenvalue weighted by Crippen LogP contribution is -2.12. The number of amides is 1. The molecule has 4 aromatic heterocycles. The molecule has 8 nitrogen and oxygen atoms in total. The number of furan rings is 1. The molecule has 0 atom stereocenters. The lowest BCUT2D eigenvalue weighted by molar-refractivity contribution is 0.101. The number of thiophene rings is 1. The van der Waals surface area contributed by atoms with Gasteiger partial charge >= 0.3 is 0 Å². The highest BCUT2D eigenvalue weighted by molar-refractivity contribution is 7.14. The molecule has 0 radical (unpaired) electrons. The Hall–Kier alpha value is -3.20. The van der Waals surface area contributed by atoms with Crippen LogP contribution >= 0.6 is 11.3 Å². The van der Waals surface area contributed by atoms with Crippen molar-refractivity contribution in [3.63, 3.8) is 0 Å². The van der Waals surface area contributed by atoms with Gasteiger partial charge in [0.2, 0.25) is 5.76 Å². The number of nitrogens with zero attached hydrogens (tertiary/aromatic N) is 3. The Morgan fingerprint density at radius 1 is 1.19 bits per heavy atom. The van der Waals surface area contributed by atoms with E-state index in [0.29, 0.717) is 33.9 Å². The van der Waals surface area contributed by atoms with E-state index in [1.807, 2.05) is 5.38 Å². The first-order valence-corrected chi connectivity index (χ1v) is 8.89. The van der Waals surface area contributed by atoms with Gasteiger partial charge < -0.3 is 18.8 Å². The van der Waals surface area contributed by atoms with Crippen molar-refractivity contribution in [3.05, 3.63) is 47.4 Å². The first-order valence-electron chi connectivity index (χ1n) is 8.01. The number of aromatic nitrogens is 3. The molecule has 4 aromatic rings. The quantitative estimate of drug-likeness (QED) is 0.563. The van der Waals surface area contributed by atoms with E-state index in [9.17, 15) is 4.79 Å². The summed E-state index contributed by atoms with van der Waals surface area (Å²) in [5, 5.41) is 12.5. The van der Waals surface area contributed by atoms with Gasteiger partial charge in [-0.15, -0.1) is 11.3 Å². The minimum Gasteiger partial charge on any atom is -0.461 e. The van der Waals surface area contributed by atoms with E-state index in [4.69, 9.17) is 13.5 Å². The maximum Gasteiger partial charge on any atom is 0.277 e. The fourth-order valence-electron chi connectivity index (χ4n) is 2.51. The third kappa shape index (κ3) is 2.72. The summed E-state index contributed by atoms with van der Waals surface area (Å²) in [4.78, 5) is 17.6. The molecule has 9 heteroatoms. The summed E-state index contributed by atoms with van der Waals surface area (Å²) in [6.45, 7) is 0. The summed E-state index contributed by atoms with van der Waals surface area (Å²) in [6.07, 6.45) is 3.71. The fraction of sp³-hybridized carbons (Fsp3) is 0.176. The molecule has 5 rings (SSSR count). The molecule has 4 heterocycles. The zero-order chi connectivity index (χ0) is 17.5. The smallest absolute Gasteiger partial charge is 0.277 e. The third-order valence-electron chi connectivity index (χ3n) is 4.00. The molecule has 1 saturated carbocycles. The van der Waals surface area contributed by atoms with E-state index in [1.54, 1.807) is 18.2 Å². The number of rotatable bonds is 5. The lowest BCUT2D eigenvalue weighted by Gasteiger charge is -2.01. The molecule has 130 valence electrons. The van der Waals surface area contributed by atoms with Gasteiger partial charge in [-0.3, -0.25) is 4.79 Å². The number of hydrogen-bond acceptors (Lipinski definition) is 8. The Bertz CT molecular complexity index is 1060. The minimum atomic E-state index is -0.395. The second kappa shape index (κ2) is 5.95. The van der Waals surface area contributed by atoms with Crippen LogP contribution in [0.25, 0.3) is 22.3 Å². The van der Waals surface area contributed by atoms with Crippen LogP contribution in [0, 0.1) is 0 Å². The summed E-state index contributed by atoms with van der Waals surface area (Å²) in [5.41, 5.74) is 0.742. The Morgan fingerprint density at radius 3 is 2.92 bits per heavy atom. The molecule has 1 N–H and O–H groups in total. The SMILES string of the molecule is O=C(Nc1ccsc1-c1nc(C2CC2)no1)c1cc(-c2ccco2)on1. The normalized spacial score (nSPS) is 13.8. The van der Waals surface area contributed by atoms with Crippen molar-refractivity contribution in [1.29, 1.82) is 0 Å². The first-order chi connectivity index (χ1) is 12.8. The molecular formula is C17H12N4O4S. The van der Waals surface area contributed by atoms with Crippen molar-refractivity contribution < 1.29 is 18.3 Å². The van der Waals surface area contributed by atoms with Gasteiger partial charge in [0.15, 0.2) is 17.3 Å². The molecule has 0 spiro atoms. The Labute approximate surface area is 150 Å². The first kappa shape index (κ1) is 15.1. The Kier molecular flexibility index (Phi) is 3.45. The van der Waals surface area contributed by atoms with Crippen LogP contribution in [0.5, 0.6) is 0 Å². The molecule has 1 amide bonds. The summed E-state index contributed by atoms with van der Waals surface area (Å²) in [7, 11) is 0. The predicted molar refractivity (Wildman–Crippen MR) is 91.7 cm³/mol. The van der Waals surface area contributed by atoms with Gasteiger partial charge in [0, 0.05) is 12.0 Å². The van der Waals surface area contributed by atoms with Crippen molar-refractivity contribution in [2.75, 3.05) is 5.32 Å². The van der Waals surface area contributed by atoms with Crippen LogP contribution in [0.2, 0.25) is 0 Å².